The molecular formula is C22H22ClFN4O4S. The second kappa shape index (κ2) is 9.22. The zero-order valence-corrected chi connectivity index (χ0v) is 19.6. The standard InChI is InChI=1S/C22H22ClFN4O4S/c1-14-19(21(26-32-14)20-17(23)7-4-8-18(20)24)22(29)25-15-5-3-6-16(13-15)33(30,31)28-11-9-27(2)10-12-28/h3-8,13H,9-12H2,1-2H3,(H,25,29). The van der Waals surface area contributed by atoms with Crippen LogP contribution in [0.5, 0.6) is 0 Å². The smallest absolute Gasteiger partial charge is 0.261 e. The molecule has 4 rings (SSSR count). The van der Waals surface area contributed by atoms with Crippen molar-refractivity contribution in [1.82, 2.24) is 14.4 Å². The molecule has 1 aliphatic heterocycles. The summed E-state index contributed by atoms with van der Waals surface area (Å²) in [4.78, 5) is 15.2. The number of rotatable bonds is 5. The number of carbonyl (C=O) groups excluding carboxylic acids is 1. The van der Waals surface area contributed by atoms with Gasteiger partial charge in [-0.3, -0.25) is 4.79 Å². The molecule has 0 radical (unpaired) electrons. The summed E-state index contributed by atoms with van der Waals surface area (Å²) in [5.41, 5.74) is 0.192. The molecule has 1 N–H and O–H groups in total. The lowest BCUT2D eigenvalue weighted by molar-refractivity contribution is 0.102. The number of hydrogen-bond acceptors (Lipinski definition) is 6. The summed E-state index contributed by atoms with van der Waals surface area (Å²) in [6.45, 7) is 3.59. The average molecular weight is 493 g/mol. The number of likely N-dealkylation sites (N-methyl/N-ethyl adjacent to an activating group) is 1. The lowest BCUT2D eigenvalue weighted by Crippen LogP contribution is -2.47. The van der Waals surface area contributed by atoms with Crippen LogP contribution in [0.1, 0.15) is 16.1 Å². The fraction of sp³-hybridized carbons (Fsp3) is 0.273. The highest BCUT2D eigenvalue weighted by atomic mass is 35.5. The first-order chi connectivity index (χ1) is 15.7. The molecule has 0 aliphatic carbocycles. The van der Waals surface area contributed by atoms with E-state index < -0.39 is 21.7 Å². The van der Waals surface area contributed by atoms with Crippen molar-refractivity contribution in [3.8, 4) is 11.3 Å². The zero-order chi connectivity index (χ0) is 23.8. The molecule has 8 nitrogen and oxygen atoms in total. The van der Waals surface area contributed by atoms with Gasteiger partial charge in [-0.2, -0.15) is 4.31 Å². The normalized spacial score (nSPS) is 15.5. The number of hydrogen-bond donors (Lipinski definition) is 1. The largest absolute Gasteiger partial charge is 0.360 e. The van der Waals surface area contributed by atoms with Crippen molar-refractivity contribution in [2.75, 3.05) is 38.5 Å². The number of benzene rings is 2. The van der Waals surface area contributed by atoms with Crippen molar-refractivity contribution in [3.63, 3.8) is 0 Å². The van der Waals surface area contributed by atoms with E-state index in [9.17, 15) is 17.6 Å². The monoisotopic (exact) mass is 492 g/mol. The van der Waals surface area contributed by atoms with E-state index in [1.54, 1.807) is 12.1 Å². The summed E-state index contributed by atoms with van der Waals surface area (Å²) in [7, 11) is -1.77. The third-order valence-corrected chi connectivity index (χ3v) is 7.69. The van der Waals surface area contributed by atoms with Crippen LogP contribution >= 0.6 is 11.6 Å². The number of halogens is 2. The Morgan fingerprint density at radius 3 is 2.55 bits per heavy atom. The number of aryl methyl sites for hydroxylation is 1. The van der Waals surface area contributed by atoms with E-state index in [0.717, 1.165) is 0 Å². The van der Waals surface area contributed by atoms with E-state index in [1.165, 1.54) is 41.6 Å². The van der Waals surface area contributed by atoms with Crippen LogP contribution in [0.25, 0.3) is 11.3 Å². The van der Waals surface area contributed by atoms with Gasteiger partial charge in [0.15, 0.2) is 0 Å². The summed E-state index contributed by atoms with van der Waals surface area (Å²) in [6.07, 6.45) is 0. The highest BCUT2D eigenvalue weighted by Gasteiger charge is 2.29. The Balaban J connectivity index is 1.62. The zero-order valence-electron chi connectivity index (χ0n) is 18.0. The fourth-order valence-corrected chi connectivity index (χ4v) is 5.36. The SMILES string of the molecule is Cc1onc(-c2c(F)cccc2Cl)c1C(=O)Nc1cccc(S(=O)(=O)N2CCN(C)CC2)c1. The van der Waals surface area contributed by atoms with Gasteiger partial charge in [0, 0.05) is 31.9 Å². The van der Waals surface area contributed by atoms with Crippen LogP contribution in [-0.2, 0) is 10.0 Å². The van der Waals surface area contributed by atoms with E-state index in [0.29, 0.717) is 26.2 Å². The Morgan fingerprint density at radius 1 is 1.15 bits per heavy atom. The van der Waals surface area contributed by atoms with Crippen molar-refractivity contribution < 1.29 is 22.1 Å². The molecule has 3 aromatic rings. The summed E-state index contributed by atoms with van der Waals surface area (Å²) in [5, 5.41) is 6.57. The first-order valence-corrected chi connectivity index (χ1v) is 12.0. The van der Waals surface area contributed by atoms with Crippen LogP contribution < -0.4 is 5.32 Å². The van der Waals surface area contributed by atoms with Gasteiger partial charge < -0.3 is 14.7 Å². The molecule has 2 heterocycles. The van der Waals surface area contributed by atoms with Gasteiger partial charge >= 0.3 is 0 Å². The predicted octanol–water partition coefficient (Wildman–Crippen LogP) is 3.63. The van der Waals surface area contributed by atoms with Crippen molar-refractivity contribution in [1.29, 1.82) is 0 Å². The number of anilines is 1. The van der Waals surface area contributed by atoms with E-state index in [1.807, 2.05) is 7.05 Å². The molecular weight excluding hydrogens is 471 g/mol. The van der Waals surface area contributed by atoms with Crippen LogP contribution in [0.2, 0.25) is 5.02 Å². The third kappa shape index (κ3) is 4.65. The van der Waals surface area contributed by atoms with Crippen molar-refractivity contribution >= 4 is 33.2 Å². The van der Waals surface area contributed by atoms with Crippen LogP contribution in [0, 0.1) is 12.7 Å². The van der Waals surface area contributed by atoms with Crippen LogP contribution in [0.15, 0.2) is 51.9 Å². The second-order valence-corrected chi connectivity index (χ2v) is 10.1. The maximum absolute atomic E-state index is 14.4. The first-order valence-electron chi connectivity index (χ1n) is 10.2. The fourth-order valence-electron chi connectivity index (χ4n) is 3.64. The number of carbonyl (C=O) groups is 1. The number of aromatic nitrogens is 1. The Bertz CT molecular complexity index is 1280. The Hall–Kier alpha value is -2.79. The Morgan fingerprint density at radius 2 is 1.85 bits per heavy atom. The Kier molecular flexibility index (Phi) is 6.53. The second-order valence-electron chi connectivity index (χ2n) is 7.75. The molecule has 174 valence electrons. The lowest BCUT2D eigenvalue weighted by Gasteiger charge is -2.31. The van der Waals surface area contributed by atoms with Gasteiger partial charge in [0.1, 0.15) is 22.8 Å². The summed E-state index contributed by atoms with van der Waals surface area (Å²) >= 11 is 6.14. The Labute approximate surface area is 196 Å². The quantitative estimate of drug-likeness (QED) is 0.584. The van der Waals surface area contributed by atoms with Gasteiger partial charge in [-0.15, -0.1) is 0 Å². The summed E-state index contributed by atoms with van der Waals surface area (Å²) < 4.78 is 47.1. The third-order valence-electron chi connectivity index (χ3n) is 5.48. The maximum Gasteiger partial charge on any atom is 0.261 e. The number of sulfonamides is 1. The van der Waals surface area contributed by atoms with Gasteiger partial charge in [-0.1, -0.05) is 28.9 Å². The molecule has 1 saturated heterocycles. The van der Waals surface area contributed by atoms with Gasteiger partial charge in [-0.05, 0) is 44.3 Å². The summed E-state index contributed by atoms with van der Waals surface area (Å²) in [5.74, 6) is -1.11. The van der Waals surface area contributed by atoms with Gasteiger partial charge in [0.25, 0.3) is 5.91 Å². The van der Waals surface area contributed by atoms with Crippen LogP contribution in [-0.4, -0.2) is 61.9 Å². The van der Waals surface area contributed by atoms with Crippen LogP contribution in [0.4, 0.5) is 10.1 Å². The molecule has 0 bridgehead atoms. The molecule has 1 amide bonds. The van der Waals surface area contributed by atoms with E-state index in [2.05, 4.69) is 15.4 Å². The van der Waals surface area contributed by atoms with Gasteiger partial charge in [0.2, 0.25) is 10.0 Å². The highest BCUT2D eigenvalue weighted by Crippen LogP contribution is 2.34. The molecule has 1 aliphatic rings. The minimum atomic E-state index is -3.71. The molecule has 0 unspecified atom stereocenters. The van der Waals surface area contributed by atoms with Gasteiger partial charge in [0.05, 0.1) is 15.5 Å². The molecule has 1 aromatic heterocycles. The van der Waals surface area contributed by atoms with Crippen molar-refractivity contribution in [2.45, 2.75) is 11.8 Å². The molecule has 2 aromatic carbocycles. The van der Waals surface area contributed by atoms with E-state index in [-0.39, 0.29) is 38.2 Å². The van der Waals surface area contributed by atoms with E-state index in [4.69, 9.17) is 16.1 Å². The number of piperazine rings is 1. The molecule has 0 atom stereocenters. The molecule has 0 saturated carbocycles. The summed E-state index contributed by atoms with van der Waals surface area (Å²) in [6, 6.07) is 10.1. The molecule has 1 fully saturated rings. The van der Waals surface area contributed by atoms with Crippen molar-refractivity contribution in [3.05, 3.63) is 64.6 Å². The predicted molar refractivity (Wildman–Crippen MR) is 122 cm³/mol. The minimum Gasteiger partial charge on any atom is -0.360 e. The number of nitrogens with zero attached hydrogens (tertiary/aromatic N) is 3. The highest BCUT2D eigenvalue weighted by molar-refractivity contribution is 7.89. The van der Waals surface area contributed by atoms with E-state index >= 15 is 0 Å². The first kappa shape index (κ1) is 23.4. The molecule has 11 heteroatoms. The molecule has 33 heavy (non-hydrogen) atoms. The minimum absolute atomic E-state index is 0.00864. The molecule has 0 spiro atoms. The number of amides is 1. The lowest BCUT2D eigenvalue weighted by atomic mass is 10.0. The topological polar surface area (TPSA) is 95.8 Å². The van der Waals surface area contributed by atoms with Gasteiger partial charge in [-0.25, -0.2) is 12.8 Å². The van der Waals surface area contributed by atoms with Crippen molar-refractivity contribution in [2.24, 2.45) is 0 Å². The maximum atomic E-state index is 14.4. The number of nitrogens with one attached hydrogen (secondary N) is 1. The average Bonchev–Trinajstić information content (AvgIpc) is 3.15. The van der Waals surface area contributed by atoms with Crippen LogP contribution in [0.3, 0.4) is 0 Å².